The predicted molar refractivity (Wildman–Crippen MR) is 78.0 cm³/mol. The summed E-state index contributed by atoms with van der Waals surface area (Å²) in [5.74, 6) is 1.03. The molecule has 6 nitrogen and oxygen atoms in total. The summed E-state index contributed by atoms with van der Waals surface area (Å²) in [6, 6.07) is 3.72. The van der Waals surface area contributed by atoms with Gasteiger partial charge < -0.3 is 5.73 Å². The van der Waals surface area contributed by atoms with Crippen molar-refractivity contribution < 1.29 is 0 Å². The maximum atomic E-state index is 6.03. The number of fused-ring (bicyclic) bond motifs is 1. The normalized spacial score (nSPS) is 11.9. The fourth-order valence-electron chi connectivity index (χ4n) is 2.05. The number of nitrogens with zero attached hydrogens (tertiary/aromatic N) is 5. The summed E-state index contributed by atoms with van der Waals surface area (Å²) in [5.41, 5.74) is 7.49. The van der Waals surface area contributed by atoms with E-state index in [9.17, 15) is 0 Å². The molecule has 6 heteroatoms. The molecule has 0 aliphatic heterocycles. The van der Waals surface area contributed by atoms with E-state index < -0.39 is 0 Å². The van der Waals surface area contributed by atoms with Gasteiger partial charge in [-0.1, -0.05) is 0 Å². The van der Waals surface area contributed by atoms with Crippen molar-refractivity contribution in [3.05, 3.63) is 30.7 Å². The van der Waals surface area contributed by atoms with Crippen molar-refractivity contribution in [1.29, 1.82) is 0 Å². The minimum atomic E-state index is -0.169. The molecule has 0 saturated carbocycles. The highest BCUT2D eigenvalue weighted by Crippen LogP contribution is 2.26. The highest BCUT2D eigenvalue weighted by molar-refractivity contribution is 5.87. The SMILES string of the molecule is CC(C)(C)n1ncc2c(N)nc(-c3ccncc3)nc21. The average molecular weight is 268 g/mol. The van der Waals surface area contributed by atoms with Crippen LogP contribution >= 0.6 is 0 Å². The van der Waals surface area contributed by atoms with Crippen LogP contribution in [0.4, 0.5) is 5.82 Å². The summed E-state index contributed by atoms with van der Waals surface area (Å²) in [5, 5.41) is 5.16. The second-order valence-corrected chi connectivity index (χ2v) is 5.63. The zero-order chi connectivity index (χ0) is 14.3. The van der Waals surface area contributed by atoms with E-state index in [4.69, 9.17) is 5.73 Å². The first-order valence-electron chi connectivity index (χ1n) is 6.39. The van der Waals surface area contributed by atoms with Gasteiger partial charge in [0.05, 0.1) is 17.1 Å². The molecule has 0 atom stereocenters. The number of pyridine rings is 1. The Labute approximate surface area is 116 Å². The summed E-state index contributed by atoms with van der Waals surface area (Å²) in [6.45, 7) is 6.22. The first-order valence-corrected chi connectivity index (χ1v) is 6.39. The zero-order valence-corrected chi connectivity index (χ0v) is 11.7. The molecule has 0 aromatic carbocycles. The standard InChI is InChI=1S/C14H16N6/c1-14(2,3)20-13-10(8-17-20)11(15)18-12(19-13)9-4-6-16-7-5-9/h4-8H,1-3H3,(H2,15,18,19). The highest BCUT2D eigenvalue weighted by Gasteiger charge is 2.20. The van der Waals surface area contributed by atoms with Gasteiger partial charge in [0.2, 0.25) is 0 Å². The summed E-state index contributed by atoms with van der Waals surface area (Å²) < 4.78 is 1.87. The number of rotatable bonds is 1. The smallest absolute Gasteiger partial charge is 0.164 e. The molecule has 3 aromatic heterocycles. The Hall–Kier alpha value is -2.50. The molecule has 0 bridgehead atoms. The van der Waals surface area contributed by atoms with Crippen molar-refractivity contribution in [2.45, 2.75) is 26.3 Å². The van der Waals surface area contributed by atoms with Gasteiger partial charge in [0.25, 0.3) is 0 Å². The lowest BCUT2D eigenvalue weighted by molar-refractivity contribution is 0.366. The maximum Gasteiger partial charge on any atom is 0.164 e. The largest absolute Gasteiger partial charge is 0.383 e. The number of aromatic nitrogens is 5. The van der Waals surface area contributed by atoms with Crippen LogP contribution in [0.1, 0.15) is 20.8 Å². The van der Waals surface area contributed by atoms with Gasteiger partial charge in [-0.3, -0.25) is 4.98 Å². The Morgan fingerprint density at radius 1 is 1.10 bits per heavy atom. The molecule has 0 spiro atoms. The third kappa shape index (κ3) is 1.99. The highest BCUT2D eigenvalue weighted by atomic mass is 15.3. The quantitative estimate of drug-likeness (QED) is 0.731. The van der Waals surface area contributed by atoms with Crippen LogP contribution in [0.3, 0.4) is 0 Å². The van der Waals surface area contributed by atoms with Gasteiger partial charge in [-0.15, -0.1) is 0 Å². The molecule has 0 fully saturated rings. The Morgan fingerprint density at radius 3 is 2.45 bits per heavy atom. The first-order chi connectivity index (χ1) is 9.47. The average Bonchev–Trinajstić information content (AvgIpc) is 2.84. The Kier molecular flexibility index (Phi) is 2.67. The van der Waals surface area contributed by atoms with E-state index in [0.717, 1.165) is 16.6 Å². The van der Waals surface area contributed by atoms with Gasteiger partial charge in [0.15, 0.2) is 11.5 Å². The molecule has 0 aliphatic rings. The molecule has 3 aromatic rings. The van der Waals surface area contributed by atoms with E-state index in [1.165, 1.54) is 0 Å². The van der Waals surface area contributed by atoms with Crippen LogP contribution in [0.25, 0.3) is 22.4 Å². The Bertz CT molecular complexity index is 754. The minimum Gasteiger partial charge on any atom is -0.383 e. The molecule has 3 heterocycles. The topological polar surface area (TPSA) is 82.5 Å². The first kappa shape index (κ1) is 12.5. The van der Waals surface area contributed by atoms with E-state index in [-0.39, 0.29) is 5.54 Å². The molecule has 0 radical (unpaired) electrons. The second kappa shape index (κ2) is 4.26. The lowest BCUT2D eigenvalue weighted by atomic mass is 10.1. The summed E-state index contributed by atoms with van der Waals surface area (Å²) in [6.07, 6.45) is 5.13. The van der Waals surface area contributed by atoms with Crippen molar-refractivity contribution in [1.82, 2.24) is 24.7 Å². The molecule has 0 unspecified atom stereocenters. The molecule has 2 N–H and O–H groups in total. The summed E-state index contributed by atoms with van der Waals surface area (Å²) in [4.78, 5) is 13.0. The van der Waals surface area contributed by atoms with Gasteiger partial charge in [0, 0.05) is 18.0 Å². The Morgan fingerprint density at radius 2 is 1.80 bits per heavy atom. The lowest BCUT2D eigenvalue weighted by Crippen LogP contribution is -2.23. The van der Waals surface area contributed by atoms with Crippen LogP contribution in [-0.4, -0.2) is 24.7 Å². The molecule has 3 rings (SSSR count). The second-order valence-electron chi connectivity index (χ2n) is 5.63. The molecule has 0 amide bonds. The van der Waals surface area contributed by atoms with E-state index in [1.807, 2.05) is 16.8 Å². The fraction of sp³-hybridized carbons (Fsp3) is 0.286. The Balaban J connectivity index is 2.27. The van der Waals surface area contributed by atoms with Crippen molar-refractivity contribution in [3.63, 3.8) is 0 Å². The minimum absolute atomic E-state index is 0.169. The van der Waals surface area contributed by atoms with Gasteiger partial charge in [-0.05, 0) is 32.9 Å². The number of nitrogens with two attached hydrogens (primary N) is 1. The predicted octanol–water partition coefficient (Wildman–Crippen LogP) is 2.23. The number of hydrogen-bond donors (Lipinski definition) is 1. The van der Waals surface area contributed by atoms with E-state index in [2.05, 4.69) is 40.8 Å². The monoisotopic (exact) mass is 268 g/mol. The van der Waals surface area contributed by atoms with Gasteiger partial charge in [0.1, 0.15) is 5.82 Å². The third-order valence-electron chi connectivity index (χ3n) is 3.03. The molecular formula is C14H16N6. The molecule has 102 valence electrons. The molecule has 20 heavy (non-hydrogen) atoms. The summed E-state index contributed by atoms with van der Waals surface area (Å²) >= 11 is 0. The number of anilines is 1. The van der Waals surface area contributed by atoms with Crippen LogP contribution in [0.2, 0.25) is 0 Å². The lowest BCUT2D eigenvalue weighted by Gasteiger charge is -2.19. The molecule has 0 aliphatic carbocycles. The van der Waals surface area contributed by atoms with Crippen molar-refractivity contribution in [2.75, 3.05) is 5.73 Å². The van der Waals surface area contributed by atoms with E-state index in [1.54, 1.807) is 18.6 Å². The van der Waals surface area contributed by atoms with Gasteiger partial charge in [-0.25, -0.2) is 14.6 Å². The van der Waals surface area contributed by atoms with Crippen LogP contribution < -0.4 is 5.73 Å². The fourth-order valence-corrected chi connectivity index (χ4v) is 2.05. The third-order valence-corrected chi connectivity index (χ3v) is 3.03. The summed E-state index contributed by atoms with van der Waals surface area (Å²) in [7, 11) is 0. The van der Waals surface area contributed by atoms with Crippen molar-refractivity contribution in [2.24, 2.45) is 0 Å². The van der Waals surface area contributed by atoms with Crippen molar-refractivity contribution >= 4 is 16.9 Å². The van der Waals surface area contributed by atoms with Crippen LogP contribution in [0.15, 0.2) is 30.7 Å². The molecular weight excluding hydrogens is 252 g/mol. The van der Waals surface area contributed by atoms with Gasteiger partial charge >= 0.3 is 0 Å². The number of nitrogen functional groups attached to an aromatic ring is 1. The van der Waals surface area contributed by atoms with Gasteiger partial charge in [-0.2, -0.15) is 5.10 Å². The van der Waals surface area contributed by atoms with E-state index in [0.29, 0.717) is 11.6 Å². The van der Waals surface area contributed by atoms with Crippen LogP contribution in [-0.2, 0) is 5.54 Å². The maximum absolute atomic E-state index is 6.03. The van der Waals surface area contributed by atoms with E-state index >= 15 is 0 Å². The number of hydrogen-bond acceptors (Lipinski definition) is 5. The molecule has 0 saturated heterocycles. The zero-order valence-electron chi connectivity index (χ0n) is 11.7. The van der Waals surface area contributed by atoms with Crippen molar-refractivity contribution in [3.8, 4) is 11.4 Å². The van der Waals surface area contributed by atoms with Crippen LogP contribution in [0.5, 0.6) is 0 Å². The van der Waals surface area contributed by atoms with Crippen LogP contribution in [0, 0.1) is 0 Å².